The Bertz CT molecular complexity index is 1190. The molecule has 176 valence electrons. The van der Waals surface area contributed by atoms with E-state index in [1.165, 1.54) is 18.2 Å². The van der Waals surface area contributed by atoms with Crippen molar-refractivity contribution in [2.24, 2.45) is 0 Å². The highest BCUT2D eigenvalue weighted by molar-refractivity contribution is 6.35. The molecule has 8 heteroatoms. The Kier molecular flexibility index (Phi) is 8.96. The van der Waals surface area contributed by atoms with Crippen molar-refractivity contribution in [2.75, 3.05) is 18.5 Å². The summed E-state index contributed by atoms with van der Waals surface area (Å²) in [6.07, 6.45) is 2.93. The van der Waals surface area contributed by atoms with Crippen LogP contribution in [0, 0.1) is 0 Å². The zero-order valence-electron chi connectivity index (χ0n) is 18.6. The maximum Gasteiger partial charge on any atom is 0.336 e. The summed E-state index contributed by atoms with van der Waals surface area (Å²) in [4.78, 5) is 24.7. The number of hydrogen-bond donors (Lipinski definition) is 1. The van der Waals surface area contributed by atoms with Crippen molar-refractivity contribution < 1.29 is 23.8 Å². The van der Waals surface area contributed by atoms with Crippen molar-refractivity contribution in [2.45, 2.75) is 13.8 Å². The van der Waals surface area contributed by atoms with Gasteiger partial charge in [0.1, 0.15) is 5.75 Å². The summed E-state index contributed by atoms with van der Waals surface area (Å²) >= 11 is 12.0. The average molecular weight is 500 g/mol. The second-order valence-corrected chi connectivity index (χ2v) is 7.77. The van der Waals surface area contributed by atoms with E-state index in [9.17, 15) is 9.59 Å². The monoisotopic (exact) mass is 499 g/mol. The van der Waals surface area contributed by atoms with E-state index in [0.717, 1.165) is 5.56 Å². The quantitative estimate of drug-likeness (QED) is 0.202. The Morgan fingerprint density at radius 3 is 2.29 bits per heavy atom. The van der Waals surface area contributed by atoms with Gasteiger partial charge in [-0.1, -0.05) is 29.3 Å². The van der Waals surface area contributed by atoms with Crippen LogP contribution in [-0.4, -0.2) is 25.1 Å². The van der Waals surface area contributed by atoms with Crippen molar-refractivity contribution in [3.8, 4) is 17.2 Å². The molecule has 1 N–H and O–H groups in total. The van der Waals surface area contributed by atoms with Gasteiger partial charge in [-0.05, 0) is 80.1 Å². The van der Waals surface area contributed by atoms with Crippen LogP contribution in [0.1, 0.15) is 29.8 Å². The highest BCUT2D eigenvalue weighted by atomic mass is 35.5. The van der Waals surface area contributed by atoms with E-state index in [2.05, 4.69) is 5.32 Å². The van der Waals surface area contributed by atoms with Crippen molar-refractivity contribution in [3.05, 3.63) is 87.9 Å². The fourth-order valence-corrected chi connectivity index (χ4v) is 3.28. The van der Waals surface area contributed by atoms with Crippen LogP contribution in [0.3, 0.4) is 0 Å². The van der Waals surface area contributed by atoms with E-state index in [1.54, 1.807) is 48.5 Å². The molecule has 6 nitrogen and oxygen atoms in total. The minimum absolute atomic E-state index is 0.300. The molecule has 0 fully saturated rings. The SMILES string of the molecule is CCOc1ccc(/C=C/C(=O)Oc2ccc(C(=O)Nc3cc(Cl)ccc3Cl)cc2)cc1OCC. The number of carbonyl (C=O) groups excluding carboxylic acids is 2. The number of hydrogen-bond acceptors (Lipinski definition) is 5. The fourth-order valence-electron chi connectivity index (χ4n) is 2.95. The van der Waals surface area contributed by atoms with Crippen LogP contribution in [0.25, 0.3) is 6.08 Å². The number of amides is 1. The topological polar surface area (TPSA) is 73.9 Å². The zero-order valence-corrected chi connectivity index (χ0v) is 20.2. The number of benzene rings is 3. The minimum Gasteiger partial charge on any atom is -0.490 e. The van der Waals surface area contributed by atoms with Crippen LogP contribution in [0.4, 0.5) is 5.69 Å². The number of rotatable bonds is 9. The maximum absolute atomic E-state index is 12.5. The molecule has 3 aromatic rings. The van der Waals surface area contributed by atoms with E-state index in [0.29, 0.717) is 51.8 Å². The first-order valence-electron chi connectivity index (χ1n) is 10.6. The third-order valence-corrected chi connectivity index (χ3v) is 5.06. The van der Waals surface area contributed by atoms with E-state index in [1.807, 2.05) is 19.9 Å². The van der Waals surface area contributed by atoms with Crippen LogP contribution < -0.4 is 19.5 Å². The molecular weight excluding hydrogens is 477 g/mol. The number of esters is 1. The molecule has 0 aromatic heterocycles. The van der Waals surface area contributed by atoms with Gasteiger partial charge in [0.25, 0.3) is 5.91 Å². The molecule has 0 aliphatic heterocycles. The van der Waals surface area contributed by atoms with E-state index in [4.69, 9.17) is 37.4 Å². The van der Waals surface area contributed by atoms with Crippen LogP contribution >= 0.6 is 23.2 Å². The summed E-state index contributed by atoms with van der Waals surface area (Å²) in [5.74, 6) is 0.615. The lowest BCUT2D eigenvalue weighted by molar-refractivity contribution is -0.128. The van der Waals surface area contributed by atoms with Crippen molar-refractivity contribution in [3.63, 3.8) is 0 Å². The van der Waals surface area contributed by atoms with Gasteiger partial charge >= 0.3 is 5.97 Å². The molecule has 0 saturated carbocycles. The summed E-state index contributed by atoms with van der Waals surface area (Å²) in [6, 6.07) is 16.3. The fraction of sp³-hybridized carbons (Fsp3) is 0.154. The molecular formula is C26H23Cl2NO5. The van der Waals surface area contributed by atoms with Crippen molar-refractivity contribution >= 4 is 46.8 Å². The molecule has 0 spiro atoms. The van der Waals surface area contributed by atoms with E-state index < -0.39 is 5.97 Å². The van der Waals surface area contributed by atoms with Crippen molar-refractivity contribution in [1.82, 2.24) is 0 Å². The number of ether oxygens (including phenoxy) is 3. The molecule has 0 bridgehead atoms. The first-order chi connectivity index (χ1) is 16.4. The Morgan fingerprint density at radius 1 is 0.882 bits per heavy atom. The number of nitrogens with one attached hydrogen (secondary N) is 1. The number of halogens is 2. The normalized spacial score (nSPS) is 10.7. The third kappa shape index (κ3) is 7.01. The van der Waals surface area contributed by atoms with Gasteiger partial charge < -0.3 is 19.5 Å². The Labute approximate surface area is 208 Å². The summed E-state index contributed by atoms with van der Waals surface area (Å²) in [5, 5.41) is 3.52. The van der Waals surface area contributed by atoms with E-state index in [-0.39, 0.29) is 5.91 Å². The molecule has 0 heterocycles. The van der Waals surface area contributed by atoms with Gasteiger partial charge in [0.15, 0.2) is 11.5 Å². The second kappa shape index (κ2) is 12.1. The number of carbonyl (C=O) groups is 2. The lowest BCUT2D eigenvalue weighted by atomic mass is 10.2. The smallest absolute Gasteiger partial charge is 0.336 e. The van der Waals surface area contributed by atoms with Crippen molar-refractivity contribution in [1.29, 1.82) is 0 Å². The molecule has 0 saturated heterocycles. The van der Waals surface area contributed by atoms with E-state index >= 15 is 0 Å². The van der Waals surface area contributed by atoms with Crippen LogP contribution in [0.5, 0.6) is 17.2 Å². The molecule has 34 heavy (non-hydrogen) atoms. The van der Waals surface area contributed by atoms with Gasteiger partial charge in [-0.25, -0.2) is 4.79 Å². The zero-order chi connectivity index (χ0) is 24.5. The molecule has 0 radical (unpaired) electrons. The van der Waals surface area contributed by atoms with Crippen LogP contribution in [0.15, 0.2) is 66.7 Å². The van der Waals surface area contributed by atoms with Crippen LogP contribution in [0.2, 0.25) is 10.0 Å². The van der Waals surface area contributed by atoms with Gasteiger partial charge in [0.05, 0.1) is 23.9 Å². The van der Waals surface area contributed by atoms with Gasteiger partial charge in [-0.2, -0.15) is 0 Å². The van der Waals surface area contributed by atoms with Gasteiger partial charge in [0, 0.05) is 16.7 Å². The molecule has 0 aliphatic rings. The average Bonchev–Trinajstić information content (AvgIpc) is 2.82. The predicted octanol–water partition coefficient (Wildman–Crippen LogP) is 6.66. The highest BCUT2D eigenvalue weighted by Crippen LogP contribution is 2.29. The largest absolute Gasteiger partial charge is 0.490 e. The van der Waals surface area contributed by atoms with Gasteiger partial charge in [-0.15, -0.1) is 0 Å². The Hall–Kier alpha value is -3.48. The highest BCUT2D eigenvalue weighted by Gasteiger charge is 2.10. The summed E-state index contributed by atoms with van der Waals surface area (Å²) in [7, 11) is 0. The molecule has 0 aliphatic carbocycles. The Balaban J connectivity index is 1.61. The summed E-state index contributed by atoms with van der Waals surface area (Å²) in [6.45, 7) is 4.80. The second-order valence-electron chi connectivity index (χ2n) is 6.93. The molecule has 0 atom stereocenters. The number of anilines is 1. The Morgan fingerprint density at radius 2 is 1.59 bits per heavy atom. The lowest BCUT2D eigenvalue weighted by Gasteiger charge is -2.11. The van der Waals surface area contributed by atoms with Crippen LogP contribution in [-0.2, 0) is 4.79 Å². The summed E-state index contributed by atoms with van der Waals surface area (Å²) < 4.78 is 16.4. The molecule has 3 aromatic carbocycles. The molecule has 0 unspecified atom stereocenters. The molecule has 1 amide bonds. The third-order valence-electron chi connectivity index (χ3n) is 4.49. The summed E-state index contributed by atoms with van der Waals surface area (Å²) in [5.41, 5.74) is 1.53. The first kappa shape index (κ1) is 25.1. The van der Waals surface area contributed by atoms with Gasteiger partial charge in [-0.3, -0.25) is 4.79 Å². The minimum atomic E-state index is -0.560. The predicted molar refractivity (Wildman–Crippen MR) is 134 cm³/mol. The van der Waals surface area contributed by atoms with Gasteiger partial charge in [0.2, 0.25) is 0 Å². The lowest BCUT2D eigenvalue weighted by Crippen LogP contribution is -2.12. The standard InChI is InChI=1S/C26H23Cl2NO5/c1-3-32-23-13-5-17(15-24(23)33-4-2)6-14-25(30)34-20-10-7-18(8-11-20)26(31)29-22-16-19(27)9-12-21(22)28/h5-16H,3-4H2,1-2H3,(H,29,31)/b14-6+. The maximum atomic E-state index is 12.5. The first-order valence-corrected chi connectivity index (χ1v) is 11.3. The molecule has 3 rings (SSSR count).